The van der Waals surface area contributed by atoms with Crippen molar-refractivity contribution >= 4 is 11.8 Å². The molecule has 1 atom stereocenters. The predicted octanol–water partition coefficient (Wildman–Crippen LogP) is 2.52. The Kier molecular flexibility index (Phi) is 6.55. The minimum atomic E-state index is -0.531. The first-order valence-corrected chi connectivity index (χ1v) is 8.87. The number of benzene rings is 1. The van der Waals surface area contributed by atoms with Gasteiger partial charge in [-0.05, 0) is 64.2 Å². The van der Waals surface area contributed by atoms with Gasteiger partial charge in [-0.2, -0.15) is 0 Å². The third-order valence-electron chi connectivity index (χ3n) is 3.99. The van der Waals surface area contributed by atoms with E-state index in [4.69, 9.17) is 0 Å². The van der Waals surface area contributed by atoms with Crippen LogP contribution in [0, 0.1) is 6.92 Å². The summed E-state index contributed by atoms with van der Waals surface area (Å²) in [7, 11) is 2.11. The molecule has 0 saturated carbocycles. The third kappa shape index (κ3) is 5.99. The standard InChI is InChI=1S/C17H28N2OS/c1-15-5-7-16(8-6-15)21-12-4-11-19(2)14-17(20)9-3-10-18-13-17/h5-8,18,20H,3-4,9-14H2,1-2H3/t17-/m1/s1. The molecule has 0 spiro atoms. The number of thioether (sulfide) groups is 1. The Hall–Kier alpha value is -0.550. The monoisotopic (exact) mass is 308 g/mol. The van der Waals surface area contributed by atoms with Crippen molar-refractivity contribution in [3.05, 3.63) is 29.8 Å². The maximum absolute atomic E-state index is 10.5. The van der Waals surface area contributed by atoms with E-state index in [0.717, 1.165) is 51.2 Å². The van der Waals surface area contributed by atoms with Gasteiger partial charge in [-0.15, -0.1) is 11.8 Å². The van der Waals surface area contributed by atoms with Gasteiger partial charge in [0, 0.05) is 18.0 Å². The summed E-state index contributed by atoms with van der Waals surface area (Å²) >= 11 is 1.91. The van der Waals surface area contributed by atoms with Crippen molar-refractivity contribution < 1.29 is 5.11 Å². The Bertz CT molecular complexity index is 415. The van der Waals surface area contributed by atoms with Crippen molar-refractivity contribution in [1.29, 1.82) is 0 Å². The van der Waals surface area contributed by atoms with Crippen LogP contribution in [0.15, 0.2) is 29.2 Å². The zero-order valence-electron chi connectivity index (χ0n) is 13.3. The van der Waals surface area contributed by atoms with Crippen LogP contribution in [-0.2, 0) is 0 Å². The Morgan fingerprint density at radius 3 is 2.76 bits per heavy atom. The highest BCUT2D eigenvalue weighted by Gasteiger charge is 2.30. The molecule has 1 aliphatic heterocycles. The summed E-state index contributed by atoms with van der Waals surface area (Å²) in [6.45, 7) is 5.71. The molecule has 0 bridgehead atoms. The van der Waals surface area contributed by atoms with E-state index in [2.05, 4.69) is 48.5 Å². The molecule has 1 saturated heterocycles. The van der Waals surface area contributed by atoms with E-state index >= 15 is 0 Å². The lowest BCUT2D eigenvalue weighted by molar-refractivity contribution is -0.00947. The van der Waals surface area contributed by atoms with Crippen LogP contribution in [0.5, 0.6) is 0 Å². The van der Waals surface area contributed by atoms with Crippen molar-refractivity contribution in [3.8, 4) is 0 Å². The average Bonchev–Trinajstić information content (AvgIpc) is 2.46. The lowest BCUT2D eigenvalue weighted by atomic mass is 9.94. The molecule has 4 heteroatoms. The minimum Gasteiger partial charge on any atom is -0.387 e. The summed E-state index contributed by atoms with van der Waals surface area (Å²) in [5, 5.41) is 13.8. The Labute approximate surface area is 133 Å². The molecule has 0 amide bonds. The second kappa shape index (κ2) is 8.18. The van der Waals surface area contributed by atoms with Gasteiger partial charge in [-0.1, -0.05) is 17.7 Å². The van der Waals surface area contributed by atoms with Crippen molar-refractivity contribution in [2.45, 2.75) is 36.7 Å². The molecule has 1 heterocycles. The predicted molar refractivity (Wildman–Crippen MR) is 91.1 cm³/mol. The quantitative estimate of drug-likeness (QED) is 0.599. The van der Waals surface area contributed by atoms with Gasteiger partial charge in [-0.3, -0.25) is 0 Å². The number of β-amino-alcohol motifs (C(OH)–C–C–N with tert-alkyl or cyclic N) is 1. The molecule has 0 aromatic heterocycles. The van der Waals surface area contributed by atoms with Crippen LogP contribution in [0.1, 0.15) is 24.8 Å². The highest BCUT2D eigenvalue weighted by atomic mass is 32.2. The fourth-order valence-electron chi connectivity index (χ4n) is 2.83. The van der Waals surface area contributed by atoms with Gasteiger partial charge >= 0.3 is 0 Å². The van der Waals surface area contributed by atoms with Gasteiger partial charge in [0.25, 0.3) is 0 Å². The summed E-state index contributed by atoms with van der Waals surface area (Å²) in [5.41, 5.74) is 0.783. The fourth-order valence-corrected chi connectivity index (χ4v) is 3.67. The summed E-state index contributed by atoms with van der Waals surface area (Å²) < 4.78 is 0. The lowest BCUT2D eigenvalue weighted by Crippen LogP contribution is -2.52. The highest BCUT2D eigenvalue weighted by molar-refractivity contribution is 7.99. The van der Waals surface area contributed by atoms with E-state index < -0.39 is 5.60 Å². The first kappa shape index (κ1) is 16.8. The van der Waals surface area contributed by atoms with E-state index in [1.165, 1.54) is 10.5 Å². The van der Waals surface area contributed by atoms with Crippen LogP contribution in [0.3, 0.4) is 0 Å². The van der Waals surface area contributed by atoms with Crippen LogP contribution in [-0.4, -0.2) is 54.6 Å². The average molecular weight is 308 g/mol. The molecule has 2 N–H and O–H groups in total. The van der Waals surface area contributed by atoms with E-state index in [0.29, 0.717) is 0 Å². The zero-order valence-corrected chi connectivity index (χ0v) is 14.1. The number of aliphatic hydroxyl groups is 1. The Balaban J connectivity index is 1.62. The summed E-state index contributed by atoms with van der Waals surface area (Å²) in [6, 6.07) is 8.72. The largest absolute Gasteiger partial charge is 0.387 e. The normalized spacial score (nSPS) is 22.7. The van der Waals surface area contributed by atoms with Gasteiger partial charge in [0.15, 0.2) is 0 Å². The molecule has 1 aromatic carbocycles. The molecule has 1 fully saturated rings. The Morgan fingerprint density at radius 2 is 2.10 bits per heavy atom. The number of piperidine rings is 1. The fraction of sp³-hybridized carbons (Fsp3) is 0.647. The number of hydrogen-bond donors (Lipinski definition) is 2. The molecule has 2 rings (SSSR count). The summed E-state index contributed by atoms with van der Waals surface area (Å²) in [6.07, 6.45) is 3.15. The molecular formula is C17H28N2OS. The highest BCUT2D eigenvalue weighted by Crippen LogP contribution is 2.20. The van der Waals surface area contributed by atoms with E-state index in [9.17, 15) is 5.11 Å². The molecule has 0 unspecified atom stereocenters. The molecule has 0 radical (unpaired) electrons. The second-order valence-corrected chi connectivity index (χ2v) is 7.43. The second-order valence-electron chi connectivity index (χ2n) is 6.26. The van der Waals surface area contributed by atoms with Crippen molar-refractivity contribution in [2.24, 2.45) is 0 Å². The Morgan fingerprint density at radius 1 is 1.33 bits per heavy atom. The smallest absolute Gasteiger partial charge is 0.0897 e. The van der Waals surface area contributed by atoms with Crippen LogP contribution < -0.4 is 5.32 Å². The molecule has 1 aliphatic rings. The zero-order chi connectivity index (χ0) is 15.1. The maximum atomic E-state index is 10.5. The van der Waals surface area contributed by atoms with Gasteiger partial charge in [0.1, 0.15) is 0 Å². The third-order valence-corrected chi connectivity index (χ3v) is 5.09. The molecular weight excluding hydrogens is 280 g/mol. The van der Waals surface area contributed by atoms with Crippen LogP contribution >= 0.6 is 11.8 Å². The van der Waals surface area contributed by atoms with Crippen molar-refractivity contribution in [2.75, 3.05) is 39.0 Å². The number of aryl methyl sites for hydroxylation is 1. The van der Waals surface area contributed by atoms with Gasteiger partial charge in [-0.25, -0.2) is 0 Å². The topological polar surface area (TPSA) is 35.5 Å². The van der Waals surface area contributed by atoms with E-state index in [-0.39, 0.29) is 0 Å². The number of nitrogens with one attached hydrogen (secondary N) is 1. The number of likely N-dealkylation sites (N-methyl/N-ethyl adjacent to an activating group) is 1. The summed E-state index contributed by atoms with van der Waals surface area (Å²) in [4.78, 5) is 3.61. The van der Waals surface area contributed by atoms with Crippen molar-refractivity contribution in [3.63, 3.8) is 0 Å². The van der Waals surface area contributed by atoms with E-state index in [1.807, 2.05) is 11.8 Å². The lowest BCUT2D eigenvalue weighted by Gasteiger charge is -2.36. The van der Waals surface area contributed by atoms with Gasteiger partial charge in [0.05, 0.1) is 5.60 Å². The molecule has 21 heavy (non-hydrogen) atoms. The molecule has 1 aromatic rings. The van der Waals surface area contributed by atoms with Crippen LogP contribution in [0.25, 0.3) is 0 Å². The number of hydrogen-bond acceptors (Lipinski definition) is 4. The number of rotatable bonds is 7. The maximum Gasteiger partial charge on any atom is 0.0897 e. The van der Waals surface area contributed by atoms with E-state index in [1.54, 1.807) is 0 Å². The SMILES string of the molecule is Cc1ccc(SCCCN(C)C[C@@]2(O)CCCNC2)cc1. The summed E-state index contributed by atoms with van der Waals surface area (Å²) in [5.74, 6) is 1.13. The minimum absolute atomic E-state index is 0.531. The molecule has 3 nitrogen and oxygen atoms in total. The van der Waals surface area contributed by atoms with Gasteiger partial charge in [0.2, 0.25) is 0 Å². The van der Waals surface area contributed by atoms with Gasteiger partial charge < -0.3 is 15.3 Å². The van der Waals surface area contributed by atoms with Crippen LogP contribution in [0.2, 0.25) is 0 Å². The number of nitrogens with zero attached hydrogens (tertiary/aromatic N) is 1. The molecule has 118 valence electrons. The first-order chi connectivity index (χ1) is 10.1. The van der Waals surface area contributed by atoms with Crippen molar-refractivity contribution in [1.82, 2.24) is 10.2 Å². The van der Waals surface area contributed by atoms with Crippen LogP contribution in [0.4, 0.5) is 0 Å². The molecule has 0 aliphatic carbocycles. The first-order valence-electron chi connectivity index (χ1n) is 7.89.